The summed E-state index contributed by atoms with van der Waals surface area (Å²) < 4.78 is 9.60. The predicted molar refractivity (Wildman–Crippen MR) is 71.1 cm³/mol. The molecule has 0 aliphatic carbocycles. The summed E-state index contributed by atoms with van der Waals surface area (Å²) in [4.78, 5) is 47.4. The van der Waals surface area contributed by atoms with Crippen LogP contribution in [0.2, 0.25) is 0 Å². The van der Waals surface area contributed by atoms with Crippen molar-refractivity contribution in [3.8, 4) is 0 Å². The molecular weight excluding hydrogens is 344 g/mol. The van der Waals surface area contributed by atoms with Gasteiger partial charge in [0.25, 0.3) is 0 Å². The van der Waals surface area contributed by atoms with Crippen molar-refractivity contribution in [2.24, 2.45) is 0 Å². The van der Waals surface area contributed by atoms with E-state index in [1.807, 2.05) is 0 Å². The van der Waals surface area contributed by atoms with Crippen molar-refractivity contribution in [3.63, 3.8) is 0 Å². The minimum atomic E-state index is -0.825. The van der Waals surface area contributed by atoms with E-state index in [2.05, 4.69) is 25.4 Å². The zero-order chi connectivity index (χ0) is 14.9. The van der Waals surface area contributed by atoms with Crippen molar-refractivity contribution >= 4 is 50.6 Å². The molecule has 2 aliphatic rings. The summed E-state index contributed by atoms with van der Waals surface area (Å²) in [6, 6.07) is 4.14. The lowest BCUT2D eigenvalue weighted by Crippen LogP contribution is -2.25. The van der Waals surface area contributed by atoms with E-state index in [0.29, 0.717) is 4.47 Å². The number of benzene rings is 2. The van der Waals surface area contributed by atoms with Crippen molar-refractivity contribution in [2.45, 2.75) is 0 Å². The Balaban J connectivity index is 2.33. The van der Waals surface area contributed by atoms with Crippen molar-refractivity contribution in [2.75, 3.05) is 0 Å². The summed E-state index contributed by atoms with van der Waals surface area (Å²) in [6.45, 7) is 0. The number of rotatable bonds is 0. The molecule has 0 saturated heterocycles. The van der Waals surface area contributed by atoms with Crippen molar-refractivity contribution in [1.82, 2.24) is 0 Å². The number of carbonyl (C=O) groups excluding carboxylic acids is 4. The van der Waals surface area contributed by atoms with Gasteiger partial charge in [-0.2, -0.15) is 0 Å². The van der Waals surface area contributed by atoms with Crippen LogP contribution < -0.4 is 0 Å². The average Bonchev–Trinajstić information content (AvgIpc) is 2.42. The maximum Gasteiger partial charge on any atom is 0.347 e. The Labute approximate surface area is 124 Å². The first kappa shape index (κ1) is 12.2. The molecule has 2 aromatic carbocycles. The Hall–Kier alpha value is -2.54. The molecule has 0 atom stereocenters. The molecule has 0 amide bonds. The molecule has 4 rings (SSSR count). The number of ether oxygens (including phenoxy) is 2. The van der Waals surface area contributed by atoms with Gasteiger partial charge in [-0.1, -0.05) is 0 Å². The van der Waals surface area contributed by atoms with Crippen LogP contribution in [0.4, 0.5) is 0 Å². The van der Waals surface area contributed by atoms with Crippen molar-refractivity contribution in [3.05, 3.63) is 44.9 Å². The monoisotopic (exact) mass is 346 g/mol. The molecule has 21 heavy (non-hydrogen) atoms. The summed E-state index contributed by atoms with van der Waals surface area (Å²) >= 11 is 3.18. The number of hydrogen-bond acceptors (Lipinski definition) is 6. The van der Waals surface area contributed by atoms with Crippen LogP contribution in [0.15, 0.2) is 22.7 Å². The summed E-state index contributed by atoms with van der Waals surface area (Å²) in [5.41, 5.74) is 0.514. The molecule has 0 bridgehead atoms. The summed E-state index contributed by atoms with van der Waals surface area (Å²) in [5, 5.41) is 0.486. The van der Waals surface area contributed by atoms with E-state index in [1.54, 1.807) is 0 Å². The lowest BCUT2D eigenvalue weighted by atomic mass is 9.89. The molecule has 6 nitrogen and oxygen atoms in total. The Morgan fingerprint density at radius 1 is 0.714 bits per heavy atom. The van der Waals surface area contributed by atoms with Gasteiger partial charge in [0.05, 0.1) is 22.3 Å². The topological polar surface area (TPSA) is 86.7 Å². The molecular formula is C14H3BrO6. The lowest BCUT2D eigenvalue weighted by Gasteiger charge is -2.22. The minimum Gasteiger partial charge on any atom is -0.386 e. The van der Waals surface area contributed by atoms with Gasteiger partial charge in [0.15, 0.2) is 0 Å². The summed E-state index contributed by atoms with van der Waals surface area (Å²) in [7, 11) is 0. The number of carbonyl (C=O) groups is 4. The molecule has 7 heteroatoms. The SMILES string of the molecule is O=C1OC(=O)c2cc(Br)c3c4c(ccc1c24)C(=O)OC3=O. The normalized spacial score (nSPS) is 16.0. The third-order valence-corrected chi connectivity index (χ3v) is 4.09. The number of esters is 4. The van der Waals surface area contributed by atoms with Crippen LogP contribution in [0.5, 0.6) is 0 Å². The van der Waals surface area contributed by atoms with E-state index in [0.717, 1.165) is 0 Å². The highest BCUT2D eigenvalue weighted by Crippen LogP contribution is 2.39. The molecule has 2 heterocycles. The fourth-order valence-corrected chi connectivity index (χ4v) is 3.21. The maximum absolute atomic E-state index is 11.9. The summed E-state index contributed by atoms with van der Waals surface area (Å²) in [6.07, 6.45) is 0. The third kappa shape index (κ3) is 1.41. The van der Waals surface area contributed by atoms with Crippen LogP contribution in [-0.4, -0.2) is 23.9 Å². The first-order valence-corrected chi connectivity index (χ1v) is 6.60. The Kier molecular flexibility index (Phi) is 2.19. The second-order valence-electron chi connectivity index (χ2n) is 4.55. The molecule has 0 radical (unpaired) electrons. The average molecular weight is 347 g/mol. The molecule has 0 fully saturated rings. The van der Waals surface area contributed by atoms with Crippen LogP contribution in [0.1, 0.15) is 41.4 Å². The number of hydrogen-bond donors (Lipinski definition) is 0. The van der Waals surface area contributed by atoms with E-state index in [1.165, 1.54) is 18.2 Å². The van der Waals surface area contributed by atoms with Crippen LogP contribution in [-0.2, 0) is 9.47 Å². The molecule has 0 saturated carbocycles. The highest BCUT2D eigenvalue weighted by Gasteiger charge is 2.36. The largest absolute Gasteiger partial charge is 0.386 e. The molecule has 0 N–H and O–H groups in total. The van der Waals surface area contributed by atoms with Crippen molar-refractivity contribution < 1.29 is 28.7 Å². The first-order chi connectivity index (χ1) is 9.99. The third-order valence-electron chi connectivity index (χ3n) is 3.47. The van der Waals surface area contributed by atoms with Gasteiger partial charge < -0.3 is 9.47 Å². The molecule has 2 aromatic rings. The van der Waals surface area contributed by atoms with E-state index in [-0.39, 0.29) is 33.0 Å². The molecule has 0 unspecified atom stereocenters. The quantitative estimate of drug-likeness (QED) is 0.537. The Bertz CT molecular complexity index is 927. The fraction of sp³-hybridized carbons (Fsp3) is 0. The standard InChI is InChI=1S/C14H3BrO6/c15-7-3-6-8-4(11(16)20-13(6)18)1-2-5-9(8)10(7)14(19)21-12(5)17/h1-3H. The van der Waals surface area contributed by atoms with Gasteiger partial charge in [-0.25, -0.2) is 19.2 Å². The van der Waals surface area contributed by atoms with Gasteiger partial charge in [-0.15, -0.1) is 0 Å². The van der Waals surface area contributed by atoms with E-state index in [9.17, 15) is 19.2 Å². The van der Waals surface area contributed by atoms with Gasteiger partial charge in [-0.3, -0.25) is 0 Å². The van der Waals surface area contributed by atoms with Crippen LogP contribution in [0.25, 0.3) is 10.8 Å². The Morgan fingerprint density at radius 2 is 1.24 bits per heavy atom. The number of halogens is 1. The van der Waals surface area contributed by atoms with Gasteiger partial charge >= 0.3 is 23.9 Å². The van der Waals surface area contributed by atoms with Gasteiger partial charge in [0.1, 0.15) is 0 Å². The van der Waals surface area contributed by atoms with Crippen molar-refractivity contribution in [1.29, 1.82) is 0 Å². The molecule has 0 aromatic heterocycles. The van der Waals surface area contributed by atoms with Gasteiger partial charge in [0, 0.05) is 15.2 Å². The Morgan fingerprint density at radius 3 is 1.90 bits per heavy atom. The summed E-state index contributed by atoms with van der Waals surface area (Å²) in [5.74, 6) is -3.26. The van der Waals surface area contributed by atoms with E-state index < -0.39 is 23.9 Å². The van der Waals surface area contributed by atoms with Gasteiger partial charge in [0.2, 0.25) is 0 Å². The maximum atomic E-state index is 11.9. The molecule has 102 valence electrons. The second kappa shape index (κ2) is 3.76. The minimum absolute atomic E-state index is 0.118. The zero-order valence-corrected chi connectivity index (χ0v) is 11.6. The first-order valence-electron chi connectivity index (χ1n) is 5.81. The van der Waals surface area contributed by atoms with Gasteiger partial charge in [-0.05, 0) is 34.1 Å². The van der Waals surface area contributed by atoms with Crippen LogP contribution in [0, 0.1) is 0 Å². The predicted octanol–water partition coefficient (Wildman–Crippen LogP) is 2.22. The molecule has 2 aliphatic heterocycles. The highest BCUT2D eigenvalue weighted by atomic mass is 79.9. The lowest BCUT2D eigenvalue weighted by molar-refractivity contribution is 0.0365. The molecule has 0 spiro atoms. The van der Waals surface area contributed by atoms with Crippen LogP contribution >= 0.6 is 15.9 Å². The zero-order valence-electron chi connectivity index (χ0n) is 10.1. The smallest absolute Gasteiger partial charge is 0.347 e. The van der Waals surface area contributed by atoms with E-state index in [4.69, 9.17) is 0 Å². The fourth-order valence-electron chi connectivity index (χ4n) is 2.62. The number of cyclic esters (lactones) is 4. The van der Waals surface area contributed by atoms with Crippen LogP contribution in [0.3, 0.4) is 0 Å². The second-order valence-corrected chi connectivity index (χ2v) is 5.40. The highest BCUT2D eigenvalue weighted by molar-refractivity contribution is 9.10. The van der Waals surface area contributed by atoms with E-state index >= 15 is 0 Å².